The van der Waals surface area contributed by atoms with Crippen LogP contribution in [0.2, 0.25) is 0 Å². The summed E-state index contributed by atoms with van der Waals surface area (Å²) in [6.45, 7) is 3.02. The molecule has 0 saturated heterocycles. The van der Waals surface area contributed by atoms with Gasteiger partial charge in [0.25, 0.3) is 0 Å². The Morgan fingerprint density at radius 3 is 2.00 bits per heavy atom. The summed E-state index contributed by atoms with van der Waals surface area (Å²) in [6.07, 6.45) is 0. The van der Waals surface area contributed by atoms with E-state index in [1.54, 1.807) is 0 Å². The molecule has 0 heterocycles. The van der Waals surface area contributed by atoms with Gasteiger partial charge in [-0.05, 0) is 18.9 Å². The molecule has 0 saturated carbocycles. The first-order chi connectivity index (χ1) is 4.75. The molecule has 52 valence electrons. The van der Waals surface area contributed by atoms with E-state index in [2.05, 4.69) is 11.7 Å². The van der Waals surface area contributed by atoms with Crippen molar-refractivity contribution in [2.24, 2.45) is 4.99 Å². The highest BCUT2D eigenvalue weighted by Crippen LogP contribution is 2.19. The third-order valence-corrected chi connectivity index (χ3v) is 1.10. The van der Waals surface area contributed by atoms with Crippen LogP contribution in [0.25, 0.3) is 0 Å². The third-order valence-electron chi connectivity index (χ3n) is 1.10. The van der Waals surface area contributed by atoms with Gasteiger partial charge >= 0.3 is 0 Å². The minimum atomic E-state index is -0.685. The molecule has 0 bridgehead atoms. The summed E-state index contributed by atoms with van der Waals surface area (Å²) in [6, 6.07) is 3.54. The average Bonchev–Trinajstić information content (AvgIpc) is 1.88. The van der Waals surface area contributed by atoms with Crippen molar-refractivity contribution in [3.63, 3.8) is 0 Å². The lowest BCUT2D eigenvalue weighted by atomic mass is 10.3. The maximum absolute atomic E-state index is 12.5. The van der Waals surface area contributed by atoms with Crippen LogP contribution in [0, 0.1) is 11.6 Å². The van der Waals surface area contributed by atoms with Gasteiger partial charge in [-0.15, -0.1) is 0 Å². The zero-order valence-corrected chi connectivity index (χ0v) is 5.14. The molecule has 0 aliphatic heterocycles. The Morgan fingerprint density at radius 1 is 1.20 bits per heavy atom. The van der Waals surface area contributed by atoms with Gasteiger partial charge in [-0.3, -0.25) is 4.99 Å². The Morgan fingerprint density at radius 2 is 1.70 bits per heavy atom. The molecule has 0 aliphatic rings. The highest BCUT2D eigenvalue weighted by atomic mass is 19.1. The SMILES string of the molecule is C=Nc1c(F)cccc1F. The molecule has 10 heavy (non-hydrogen) atoms. The van der Waals surface area contributed by atoms with E-state index in [4.69, 9.17) is 0 Å². The molecule has 3 heteroatoms. The third kappa shape index (κ3) is 1.03. The zero-order valence-electron chi connectivity index (χ0n) is 5.14. The number of benzene rings is 1. The largest absolute Gasteiger partial charge is 0.258 e. The molecular weight excluding hydrogens is 136 g/mol. The summed E-state index contributed by atoms with van der Waals surface area (Å²) in [5, 5.41) is 0. The lowest BCUT2D eigenvalue weighted by molar-refractivity contribution is 0.588. The zero-order chi connectivity index (χ0) is 7.56. The average molecular weight is 141 g/mol. The Hall–Kier alpha value is -1.25. The first kappa shape index (κ1) is 6.86. The van der Waals surface area contributed by atoms with E-state index in [0.717, 1.165) is 12.1 Å². The number of nitrogens with zero attached hydrogens (tertiary/aromatic N) is 1. The quantitative estimate of drug-likeness (QED) is 0.532. The molecule has 1 nitrogen and oxygen atoms in total. The van der Waals surface area contributed by atoms with Gasteiger partial charge in [0.05, 0.1) is 0 Å². The number of para-hydroxylation sites is 1. The van der Waals surface area contributed by atoms with Crippen LogP contribution in [-0.4, -0.2) is 6.72 Å². The van der Waals surface area contributed by atoms with E-state index in [0.29, 0.717) is 0 Å². The van der Waals surface area contributed by atoms with Crippen molar-refractivity contribution in [2.45, 2.75) is 0 Å². The van der Waals surface area contributed by atoms with Gasteiger partial charge in [0.15, 0.2) is 11.6 Å². The minimum Gasteiger partial charge on any atom is -0.258 e. The molecule has 0 amide bonds. The fourth-order valence-corrected chi connectivity index (χ4v) is 0.640. The number of halogens is 2. The minimum absolute atomic E-state index is 0.317. The maximum Gasteiger partial charge on any atom is 0.151 e. The van der Waals surface area contributed by atoms with Crippen LogP contribution in [0.5, 0.6) is 0 Å². The predicted octanol–water partition coefficient (Wildman–Crippen LogP) is 2.30. The first-order valence-electron chi connectivity index (χ1n) is 2.66. The molecular formula is C7H5F2N. The topological polar surface area (TPSA) is 12.4 Å². The second-order valence-electron chi connectivity index (χ2n) is 1.73. The van der Waals surface area contributed by atoms with Gasteiger partial charge in [-0.25, -0.2) is 8.78 Å². The van der Waals surface area contributed by atoms with Gasteiger partial charge < -0.3 is 0 Å². The van der Waals surface area contributed by atoms with Crippen molar-refractivity contribution in [2.75, 3.05) is 0 Å². The predicted molar refractivity (Wildman–Crippen MR) is 35.6 cm³/mol. The number of rotatable bonds is 1. The van der Waals surface area contributed by atoms with Crippen molar-refractivity contribution in [3.05, 3.63) is 29.8 Å². The van der Waals surface area contributed by atoms with E-state index in [9.17, 15) is 8.78 Å². The molecule has 1 rings (SSSR count). The second kappa shape index (κ2) is 2.56. The van der Waals surface area contributed by atoms with Crippen molar-refractivity contribution < 1.29 is 8.78 Å². The summed E-state index contributed by atoms with van der Waals surface area (Å²) < 4.78 is 25.0. The Kier molecular flexibility index (Phi) is 1.76. The molecule has 0 unspecified atom stereocenters. The Labute approximate surface area is 57.0 Å². The highest BCUT2D eigenvalue weighted by Gasteiger charge is 2.03. The first-order valence-corrected chi connectivity index (χ1v) is 2.66. The van der Waals surface area contributed by atoms with Crippen LogP contribution in [-0.2, 0) is 0 Å². The summed E-state index contributed by atoms with van der Waals surface area (Å²) in [5.41, 5.74) is -0.317. The second-order valence-corrected chi connectivity index (χ2v) is 1.73. The van der Waals surface area contributed by atoms with Crippen LogP contribution < -0.4 is 0 Å². The van der Waals surface area contributed by atoms with Crippen LogP contribution in [0.15, 0.2) is 23.2 Å². The number of aliphatic imine (C=N–C) groups is 1. The lowest BCUT2D eigenvalue weighted by Crippen LogP contribution is -1.79. The summed E-state index contributed by atoms with van der Waals surface area (Å²) >= 11 is 0. The molecule has 1 aromatic carbocycles. The highest BCUT2D eigenvalue weighted by molar-refractivity contribution is 5.46. The normalized spacial score (nSPS) is 9.40. The Bertz CT molecular complexity index is 238. The van der Waals surface area contributed by atoms with Crippen molar-refractivity contribution in [1.82, 2.24) is 0 Å². The number of hydrogen-bond donors (Lipinski definition) is 0. The van der Waals surface area contributed by atoms with Gasteiger partial charge in [0.2, 0.25) is 0 Å². The van der Waals surface area contributed by atoms with Crippen molar-refractivity contribution >= 4 is 12.4 Å². The standard InChI is InChI=1S/C7H5F2N/c1-10-7-5(8)3-2-4-6(7)9/h2-4H,1H2. The molecule has 0 spiro atoms. The molecule has 0 radical (unpaired) electrons. The maximum atomic E-state index is 12.5. The van der Waals surface area contributed by atoms with Gasteiger partial charge in [-0.2, -0.15) is 0 Å². The molecule has 1 aromatic rings. The Balaban J connectivity index is 3.30. The number of hydrogen-bond acceptors (Lipinski definition) is 1. The molecule has 0 fully saturated rings. The summed E-state index contributed by atoms with van der Waals surface area (Å²) in [4.78, 5) is 3.17. The van der Waals surface area contributed by atoms with Gasteiger partial charge in [-0.1, -0.05) is 6.07 Å². The van der Waals surface area contributed by atoms with Crippen LogP contribution in [0.3, 0.4) is 0 Å². The van der Waals surface area contributed by atoms with E-state index >= 15 is 0 Å². The van der Waals surface area contributed by atoms with E-state index < -0.39 is 11.6 Å². The van der Waals surface area contributed by atoms with Gasteiger partial charge in [0, 0.05) is 0 Å². The summed E-state index contributed by atoms with van der Waals surface area (Å²) in [5.74, 6) is -1.37. The van der Waals surface area contributed by atoms with Crippen LogP contribution in [0.4, 0.5) is 14.5 Å². The van der Waals surface area contributed by atoms with E-state index in [-0.39, 0.29) is 5.69 Å². The fourth-order valence-electron chi connectivity index (χ4n) is 0.640. The van der Waals surface area contributed by atoms with Crippen molar-refractivity contribution in [3.8, 4) is 0 Å². The van der Waals surface area contributed by atoms with E-state index in [1.807, 2.05) is 0 Å². The van der Waals surface area contributed by atoms with Gasteiger partial charge in [0.1, 0.15) is 5.69 Å². The molecule has 0 aliphatic carbocycles. The van der Waals surface area contributed by atoms with Crippen LogP contribution in [0.1, 0.15) is 0 Å². The monoisotopic (exact) mass is 141 g/mol. The molecule has 0 aromatic heterocycles. The smallest absolute Gasteiger partial charge is 0.151 e. The molecule has 0 atom stereocenters. The lowest BCUT2D eigenvalue weighted by Gasteiger charge is -1.94. The fraction of sp³-hybridized carbons (Fsp3) is 0. The van der Waals surface area contributed by atoms with E-state index in [1.165, 1.54) is 6.07 Å². The van der Waals surface area contributed by atoms with Crippen molar-refractivity contribution in [1.29, 1.82) is 0 Å². The summed E-state index contributed by atoms with van der Waals surface area (Å²) in [7, 11) is 0. The molecule has 0 N–H and O–H groups in total. The van der Waals surface area contributed by atoms with Crippen LogP contribution >= 0.6 is 0 Å².